The summed E-state index contributed by atoms with van der Waals surface area (Å²) in [5, 5.41) is 10.3. The number of rotatable bonds is 6. The van der Waals surface area contributed by atoms with Gasteiger partial charge in [-0.1, -0.05) is 42.4 Å². The summed E-state index contributed by atoms with van der Waals surface area (Å²) in [7, 11) is 0. The average molecular weight is 362 g/mol. The van der Waals surface area contributed by atoms with E-state index < -0.39 is 0 Å². The number of thioether (sulfide) groups is 1. The van der Waals surface area contributed by atoms with E-state index in [0.29, 0.717) is 5.02 Å². The Morgan fingerprint density at radius 1 is 1.04 bits per heavy atom. The van der Waals surface area contributed by atoms with Crippen LogP contribution >= 0.6 is 23.4 Å². The largest absolute Gasteiger partial charge is 0.302 e. The summed E-state index contributed by atoms with van der Waals surface area (Å²) in [4.78, 5) is 0. The first-order chi connectivity index (χ1) is 11.7. The normalized spacial score (nSPS) is 11.0. The molecule has 0 saturated carbocycles. The monoisotopic (exact) mass is 361 g/mol. The second-order valence-electron chi connectivity index (χ2n) is 5.38. The van der Waals surface area contributed by atoms with E-state index in [1.807, 2.05) is 24.3 Å². The van der Waals surface area contributed by atoms with E-state index in [9.17, 15) is 4.39 Å². The summed E-state index contributed by atoms with van der Waals surface area (Å²) in [5.41, 5.74) is 2.05. The Bertz CT molecular complexity index is 800. The van der Waals surface area contributed by atoms with Crippen molar-refractivity contribution in [1.29, 1.82) is 0 Å². The Morgan fingerprint density at radius 2 is 1.75 bits per heavy atom. The molecule has 0 fully saturated rings. The molecule has 0 unspecified atom stereocenters. The number of halogens is 2. The Kier molecular flexibility index (Phi) is 5.53. The smallest absolute Gasteiger partial charge is 0.191 e. The van der Waals surface area contributed by atoms with Gasteiger partial charge in [-0.2, -0.15) is 0 Å². The van der Waals surface area contributed by atoms with Crippen molar-refractivity contribution in [3.8, 4) is 11.4 Å². The molecule has 3 nitrogen and oxygen atoms in total. The number of aromatic nitrogens is 3. The van der Waals surface area contributed by atoms with E-state index in [1.165, 1.54) is 12.1 Å². The van der Waals surface area contributed by atoms with E-state index in [-0.39, 0.29) is 5.82 Å². The molecule has 0 spiro atoms. The second-order valence-corrected chi connectivity index (χ2v) is 6.76. The molecule has 0 aliphatic rings. The van der Waals surface area contributed by atoms with Crippen molar-refractivity contribution < 1.29 is 4.39 Å². The molecule has 2 aromatic carbocycles. The highest BCUT2D eigenvalue weighted by molar-refractivity contribution is 7.98. The topological polar surface area (TPSA) is 30.7 Å². The third-order valence-electron chi connectivity index (χ3n) is 3.55. The highest BCUT2D eigenvalue weighted by Crippen LogP contribution is 2.27. The van der Waals surface area contributed by atoms with Crippen LogP contribution in [0.4, 0.5) is 4.39 Å². The van der Waals surface area contributed by atoms with Gasteiger partial charge in [0.1, 0.15) is 5.82 Å². The van der Waals surface area contributed by atoms with Gasteiger partial charge in [0, 0.05) is 22.9 Å². The SMILES string of the molecule is CCCn1c(SCc2ccc(F)cc2)nnc1-c1ccc(Cl)cc1. The lowest BCUT2D eigenvalue weighted by molar-refractivity contribution is 0.625. The Labute approximate surface area is 149 Å². The van der Waals surface area contributed by atoms with Crippen LogP contribution in [-0.2, 0) is 12.3 Å². The maximum Gasteiger partial charge on any atom is 0.191 e. The van der Waals surface area contributed by atoms with Crippen LogP contribution in [0.5, 0.6) is 0 Å². The predicted octanol–water partition coefficient (Wildman–Crippen LogP) is 5.44. The van der Waals surface area contributed by atoms with Crippen LogP contribution < -0.4 is 0 Å². The van der Waals surface area contributed by atoms with E-state index in [1.54, 1.807) is 23.9 Å². The fourth-order valence-electron chi connectivity index (χ4n) is 2.36. The van der Waals surface area contributed by atoms with Crippen LogP contribution in [0.1, 0.15) is 18.9 Å². The standard InChI is InChI=1S/C18H17ClFN3S/c1-2-11-23-17(14-5-7-15(19)8-6-14)21-22-18(23)24-12-13-3-9-16(20)10-4-13/h3-10H,2,11-12H2,1H3. The molecule has 24 heavy (non-hydrogen) atoms. The minimum Gasteiger partial charge on any atom is -0.302 e. The van der Waals surface area contributed by atoms with Gasteiger partial charge in [0.15, 0.2) is 11.0 Å². The first-order valence-electron chi connectivity index (χ1n) is 7.73. The molecule has 0 aliphatic carbocycles. The molecular formula is C18H17ClFN3S. The first-order valence-corrected chi connectivity index (χ1v) is 9.10. The molecule has 3 rings (SSSR count). The molecule has 0 N–H and O–H groups in total. The fraction of sp³-hybridized carbons (Fsp3) is 0.222. The van der Waals surface area contributed by atoms with Crippen molar-refractivity contribution >= 4 is 23.4 Å². The summed E-state index contributed by atoms with van der Waals surface area (Å²) in [6.45, 7) is 2.97. The third-order valence-corrected chi connectivity index (χ3v) is 4.84. The molecule has 1 heterocycles. The van der Waals surface area contributed by atoms with Crippen molar-refractivity contribution in [2.24, 2.45) is 0 Å². The number of benzene rings is 2. The zero-order valence-electron chi connectivity index (χ0n) is 13.2. The summed E-state index contributed by atoms with van der Waals surface area (Å²) in [5.74, 6) is 1.35. The molecule has 6 heteroatoms. The Hall–Kier alpha value is -1.85. The van der Waals surface area contributed by atoms with Gasteiger partial charge in [-0.25, -0.2) is 4.39 Å². The molecule has 1 aromatic heterocycles. The lowest BCUT2D eigenvalue weighted by Crippen LogP contribution is -2.02. The van der Waals surface area contributed by atoms with Crippen LogP contribution in [0, 0.1) is 5.82 Å². The lowest BCUT2D eigenvalue weighted by Gasteiger charge is -2.09. The molecule has 0 atom stereocenters. The van der Waals surface area contributed by atoms with E-state index in [0.717, 1.165) is 40.8 Å². The van der Waals surface area contributed by atoms with E-state index in [2.05, 4.69) is 21.7 Å². The van der Waals surface area contributed by atoms with Crippen molar-refractivity contribution in [3.63, 3.8) is 0 Å². The Balaban J connectivity index is 1.82. The van der Waals surface area contributed by atoms with Crippen LogP contribution in [0.15, 0.2) is 53.7 Å². The van der Waals surface area contributed by atoms with Gasteiger partial charge in [-0.15, -0.1) is 10.2 Å². The van der Waals surface area contributed by atoms with E-state index >= 15 is 0 Å². The number of nitrogens with zero attached hydrogens (tertiary/aromatic N) is 3. The van der Waals surface area contributed by atoms with Gasteiger partial charge in [0.25, 0.3) is 0 Å². The highest BCUT2D eigenvalue weighted by atomic mass is 35.5. The fourth-order valence-corrected chi connectivity index (χ4v) is 3.41. The molecule has 0 amide bonds. The van der Waals surface area contributed by atoms with E-state index in [4.69, 9.17) is 11.6 Å². The molecule has 0 saturated heterocycles. The van der Waals surface area contributed by atoms with Crippen molar-refractivity contribution in [2.45, 2.75) is 30.8 Å². The molecule has 124 valence electrons. The number of hydrogen-bond donors (Lipinski definition) is 0. The molecule has 0 bridgehead atoms. The zero-order chi connectivity index (χ0) is 16.9. The minimum atomic E-state index is -0.220. The maximum atomic E-state index is 13.0. The van der Waals surface area contributed by atoms with Gasteiger partial charge in [0.2, 0.25) is 0 Å². The van der Waals surface area contributed by atoms with Crippen LogP contribution in [0.2, 0.25) is 5.02 Å². The first kappa shape index (κ1) is 17.0. The van der Waals surface area contributed by atoms with Crippen molar-refractivity contribution in [1.82, 2.24) is 14.8 Å². The summed E-state index contributed by atoms with van der Waals surface area (Å²) < 4.78 is 15.1. The number of hydrogen-bond acceptors (Lipinski definition) is 3. The average Bonchev–Trinajstić information content (AvgIpc) is 2.98. The summed E-state index contributed by atoms with van der Waals surface area (Å²) in [6.07, 6.45) is 0.989. The molecule has 3 aromatic rings. The van der Waals surface area contributed by atoms with Gasteiger partial charge in [0.05, 0.1) is 0 Å². The van der Waals surface area contributed by atoms with Gasteiger partial charge in [-0.05, 0) is 48.4 Å². The summed E-state index contributed by atoms with van der Waals surface area (Å²) in [6, 6.07) is 14.2. The maximum absolute atomic E-state index is 13.0. The zero-order valence-corrected chi connectivity index (χ0v) is 14.8. The van der Waals surface area contributed by atoms with Crippen molar-refractivity contribution in [2.75, 3.05) is 0 Å². The molecule has 0 radical (unpaired) electrons. The lowest BCUT2D eigenvalue weighted by atomic mass is 10.2. The third kappa shape index (κ3) is 3.97. The van der Waals surface area contributed by atoms with Crippen molar-refractivity contribution in [3.05, 3.63) is 64.9 Å². The van der Waals surface area contributed by atoms with Crippen LogP contribution in [0.3, 0.4) is 0 Å². The van der Waals surface area contributed by atoms with Gasteiger partial charge < -0.3 is 4.57 Å². The van der Waals surface area contributed by atoms with Crippen LogP contribution in [-0.4, -0.2) is 14.8 Å². The molecule has 0 aliphatic heterocycles. The predicted molar refractivity (Wildman–Crippen MR) is 96.7 cm³/mol. The van der Waals surface area contributed by atoms with Gasteiger partial charge >= 0.3 is 0 Å². The highest BCUT2D eigenvalue weighted by Gasteiger charge is 2.14. The quantitative estimate of drug-likeness (QED) is 0.548. The summed E-state index contributed by atoms with van der Waals surface area (Å²) >= 11 is 7.57. The second kappa shape index (κ2) is 7.81. The van der Waals surface area contributed by atoms with Crippen LogP contribution in [0.25, 0.3) is 11.4 Å². The minimum absolute atomic E-state index is 0.220. The van der Waals surface area contributed by atoms with Gasteiger partial charge in [-0.3, -0.25) is 0 Å². The Morgan fingerprint density at radius 3 is 2.42 bits per heavy atom. The molecular weight excluding hydrogens is 345 g/mol.